The van der Waals surface area contributed by atoms with E-state index in [0.29, 0.717) is 17.6 Å². The normalized spacial score (nSPS) is 12.1. The first-order valence-electron chi connectivity index (χ1n) is 21.3. The van der Waals surface area contributed by atoms with Crippen molar-refractivity contribution in [1.82, 2.24) is 24.1 Å². The summed E-state index contributed by atoms with van der Waals surface area (Å²) in [5.41, 5.74) is 8.79. The molecule has 6 heteroatoms. The summed E-state index contributed by atoms with van der Waals surface area (Å²) in [7, 11) is 0. The van der Waals surface area contributed by atoms with Crippen molar-refractivity contribution in [2.75, 3.05) is 0 Å². The molecule has 10 aromatic carbocycles. The van der Waals surface area contributed by atoms with Crippen LogP contribution in [0.15, 0.2) is 205 Å². The van der Waals surface area contributed by atoms with Crippen LogP contribution in [0.25, 0.3) is 132 Å². The number of rotatable bonds is 4. The zero-order chi connectivity index (χ0) is 41.2. The fourth-order valence-corrected chi connectivity index (χ4v) is 10.2. The summed E-state index contributed by atoms with van der Waals surface area (Å²) in [6.45, 7) is 0. The Hall–Kier alpha value is -8.61. The van der Waals surface area contributed by atoms with Crippen LogP contribution >= 0.6 is 0 Å². The van der Waals surface area contributed by atoms with Gasteiger partial charge in [-0.05, 0) is 80.8 Å². The van der Waals surface area contributed by atoms with E-state index in [1.54, 1.807) is 0 Å². The molecule has 6 nitrogen and oxygen atoms in total. The monoisotopic (exact) mass is 803 g/mol. The van der Waals surface area contributed by atoms with Crippen LogP contribution in [0.3, 0.4) is 0 Å². The van der Waals surface area contributed by atoms with E-state index in [4.69, 9.17) is 19.4 Å². The first kappa shape index (κ1) is 34.1. The molecule has 0 radical (unpaired) electrons. The van der Waals surface area contributed by atoms with Gasteiger partial charge in [-0.15, -0.1) is 0 Å². The van der Waals surface area contributed by atoms with Gasteiger partial charge in [0.2, 0.25) is 5.95 Å². The van der Waals surface area contributed by atoms with Gasteiger partial charge in [-0.25, -0.2) is 4.98 Å². The first-order valence-corrected chi connectivity index (χ1v) is 21.3. The van der Waals surface area contributed by atoms with Gasteiger partial charge < -0.3 is 8.98 Å². The predicted molar refractivity (Wildman–Crippen MR) is 259 cm³/mol. The van der Waals surface area contributed by atoms with Crippen LogP contribution in [0.2, 0.25) is 0 Å². The topological polar surface area (TPSA) is 61.7 Å². The van der Waals surface area contributed by atoms with Crippen LogP contribution in [-0.2, 0) is 0 Å². The Morgan fingerprint density at radius 1 is 0.317 bits per heavy atom. The number of benzene rings is 10. The summed E-state index contributed by atoms with van der Waals surface area (Å²) in [4.78, 5) is 15.8. The van der Waals surface area contributed by atoms with Gasteiger partial charge in [0, 0.05) is 49.1 Å². The molecule has 63 heavy (non-hydrogen) atoms. The van der Waals surface area contributed by atoms with Gasteiger partial charge in [0.05, 0.1) is 22.1 Å². The molecule has 0 saturated heterocycles. The molecule has 0 saturated carbocycles. The zero-order valence-corrected chi connectivity index (χ0v) is 33.7. The van der Waals surface area contributed by atoms with E-state index >= 15 is 0 Å². The fourth-order valence-electron chi connectivity index (χ4n) is 10.2. The molecule has 14 aromatic rings. The van der Waals surface area contributed by atoms with E-state index in [-0.39, 0.29) is 0 Å². The minimum atomic E-state index is 0.545. The molecular formula is C57H33N5O. The maximum atomic E-state index is 6.36. The molecule has 0 atom stereocenters. The molecule has 0 N–H and O–H groups in total. The summed E-state index contributed by atoms with van der Waals surface area (Å²) in [5, 5.41) is 14.2. The lowest BCUT2D eigenvalue weighted by Gasteiger charge is -2.14. The molecule has 292 valence electrons. The van der Waals surface area contributed by atoms with Crippen molar-refractivity contribution in [1.29, 1.82) is 0 Å². The van der Waals surface area contributed by atoms with E-state index in [0.717, 1.165) is 82.4 Å². The Morgan fingerprint density at radius 2 is 0.857 bits per heavy atom. The molecular weight excluding hydrogens is 771 g/mol. The number of hydrogen-bond donors (Lipinski definition) is 0. The Labute approximate surface area is 359 Å². The van der Waals surface area contributed by atoms with Gasteiger partial charge in [0.25, 0.3) is 0 Å². The molecule has 0 unspecified atom stereocenters. The molecule has 0 fully saturated rings. The highest BCUT2D eigenvalue weighted by atomic mass is 16.3. The standard InChI is InChI=1S/C57H33N5O/c1-2-14-34(15-3-1)55-58-56(35-26-28-44-43-21-10-13-25-51(43)63-52(44)32-35)60-57(59-55)62-48-23-11-8-20-42(48)45-30-31-50-53(54(45)62)46-22-9-12-24-49(46)61(50)36-27-29-41-39-18-5-4-16-37(39)38-17-6-7-19-40(38)47(41)33-36/h1-33H. The molecule has 0 aliphatic carbocycles. The molecule has 0 aliphatic rings. The third-order valence-corrected chi connectivity index (χ3v) is 12.9. The average molecular weight is 804 g/mol. The SMILES string of the molecule is c1ccc(-c2nc(-c3ccc4c(c3)oc3ccccc34)nc(-n3c4ccccc4c4ccc5c(c6ccccc6n5-c5ccc6c7ccccc7c7ccccc7c6c5)c43)n2)cc1. The van der Waals surface area contributed by atoms with Gasteiger partial charge in [0.1, 0.15) is 11.2 Å². The van der Waals surface area contributed by atoms with Crippen molar-refractivity contribution in [3.8, 4) is 34.4 Å². The maximum absolute atomic E-state index is 6.36. The third-order valence-electron chi connectivity index (χ3n) is 12.9. The molecule has 4 aromatic heterocycles. The highest BCUT2D eigenvalue weighted by molar-refractivity contribution is 6.28. The Kier molecular flexibility index (Phi) is 7.02. The number of para-hydroxylation sites is 3. The lowest BCUT2D eigenvalue weighted by Crippen LogP contribution is -2.06. The molecule has 0 amide bonds. The lowest BCUT2D eigenvalue weighted by molar-refractivity contribution is 0.669. The van der Waals surface area contributed by atoms with E-state index in [1.165, 1.54) is 32.3 Å². The van der Waals surface area contributed by atoms with Gasteiger partial charge in [-0.1, -0.05) is 152 Å². The highest BCUT2D eigenvalue weighted by Crippen LogP contribution is 2.43. The largest absolute Gasteiger partial charge is 0.456 e. The van der Waals surface area contributed by atoms with E-state index < -0.39 is 0 Å². The second-order valence-electron chi connectivity index (χ2n) is 16.3. The second-order valence-corrected chi connectivity index (χ2v) is 16.3. The Bertz CT molecular complexity index is 4180. The van der Waals surface area contributed by atoms with Crippen LogP contribution in [0, 0.1) is 0 Å². The van der Waals surface area contributed by atoms with Crippen LogP contribution in [0.1, 0.15) is 0 Å². The van der Waals surface area contributed by atoms with Crippen molar-refractivity contribution in [2.45, 2.75) is 0 Å². The highest BCUT2D eigenvalue weighted by Gasteiger charge is 2.24. The van der Waals surface area contributed by atoms with Gasteiger partial charge in [-0.2, -0.15) is 9.97 Å². The maximum Gasteiger partial charge on any atom is 0.238 e. The van der Waals surface area contributed by atoms with E-state index in [2.05, 4.69) is 173 Å². The third kappa shape index (κ3) is 4.91. The number of hydrogen-bond acceptors (Lipinski definition) is 4. The van der Waals surface area contributed by atoms with Crippen molar-refractivity contribution < 1.29 is 4.42 Å². The summed E-state index contributed by atoms with van der Waals surface area (Å²) >= 11 is 0. The van der Waals surface area contributed by atoms with Crippen molar-refractivity contribution in [2.24, 2.45) is 0 Å². The Morgan fingerprint density at radius 3 is 1.60 bits per heavy atom. The predicted octanol–water partition coefficient (Wildman–Crippen LogP) is 14.8. The van der Waals surface area contributed by atoms with Gasteiger partial charge >= 0.3 is 0 Å². The average Bonchev–Trinajstić information content (AvgIpc) is 4.01. The zero-order valence-electron chi connectivity index (χ0n) is 33.7. The number of furan rings is 1. The fraction of sp³-hybridized carbons (Fsp3) is 0. The van der Waals surface area contributed by atoms with Crippen LogP contribution in [-0.4, -0.2) is 24.1 Å². The van der Waals surface area contributed by atoms with Crippen LogP contribution < -0.4 is 0 Å². The van der Waals surface area contributed by atoms with E-state index in [1.807, 2.05) is 36.4 Å². The first-order chi connectivity index (χ1) is 31.2. The minimum Gasteiger partial charge on any atom is -0.456 e. The van der Waals surface area contributed by atoms with Crippen LogP contribution in [0.4, 0.5) is 0 Å². The molecule has 4 heterocycles. The minimum absolute atomic E-state index is 0.545. The van der Waals surface area contributed by atoms with E-state index in [9.17, 15) is 0 Å². The molecule has 0 aliphatic heterocycles. The summed E-state index contributed by atoms with van der Waals surface area (Å²) in [6.07, 6.45) is 0. The smallest absolute Gasteiger partial charge is 0.238 e. The summed E-state index contributed by atoms with van der Waals surface area (Å²) in [5.74, 6) is 1.71. The second kappa shape index (κ2) is 12.9. The molecule has 0 bridgehead atoms. The molecule has 0 spiro atoms. The number of aromatic nitrogens is 5. The van der Waals surface area contributed by atoms with Crippen molar-refractivity contribution in [3.05, 3.63) is 200 Å². The Balaban J connectivity index is 1.07. The summed E-state index contributed by atoms with van der Waals surface area (Å²) < 4.78 is 11.0. The van der Waals surface area contributed by atoms with Crippen molar-refractivity contribution in [3.63, 3.8) is 0 Å². The van der Waals surface area contributed by atoms with Gasteiger partial charge in [-0.3, -0.25) is 4.57 Å². The lowest BCUT2D eigenvalue weighted by atomic mass is 9.94. The number of nitrogens with zero attached hydrogens (tertiary/aromatic N) is 5. The summed E-state index contributed by atoms with van der Waals surface area (Å²) in [6, 6.07) is 70.9. The van der Waals surface area contributed by atoms with Crippen LogP contribution in [0.5, 0.6) is 0 Å². The quantitative estimate of drug-likeness (QED) is 0.166. The molecule has 14 rings (SSSR count). The van der Waals surface area contributed by atoms with Crippen molar-refractivity contribution >= 4 is 97.9 Å². The number of fused-ring (bicyclic) bond motifs is 16. The van der Waals surface area contributed by atoms with Gasteiger partial charge in [0.15, 0.2) is 11.6 Å².